The fraction of sp³-hybridized carbons (Fsp3) is 0.545. The molecule has 1 aliphatic carbocycles. The lowest BCUT2D eigenvalue weighted by Crippen LogP contribution is -2.05. The van der Waals surface area contributed by atoms with Gasteiger partial charge in [0, 0.05) is 11.4 Å². The van der Waals surface area contributed by atoms with E-state index in [1.54, 1.807) is 0 Å². The van der Waals surface area contributed by atoms with E-state index in [0.29, 0.717) is 0 Å². The monoisotopic (exact) mass is 193 g/mol. The summed E-state index contributed by atoms with van der Waals surface area (Å²) in [6.07, 6.45) is 6.03. The molecule has 0 N–H and O–H groups in total. The maximum Gasteiger partial charge on any atom is 0.0962 e. The predicted molar refractivity (Wildman–Crippen MR) is 56.9 cm³/mol. The van der Waals surface area contributed by atoms with Crippen LogP contribution in [0.1, 0.15) is 26.2 Å². The smallest absolute Gasteiger partial charge is 0.0962 e. The first kappa shape index (κ1) is 9.07. The fourth-order valence-corrected chi connectivity index (χ4v) is 3.10. The summed E-state index contributed by atoms with van der Waals surface area (Å²) in [5, 5.41) is 1.98. The normalized spacial score (nSPS) is 27.8. The molecule has 2 rings (SSSR count). The van der Waals surface area contributed by atoms with E-state index in [-0.39, 0.29) is 0 Å². The predicted octanol–water partition coefficient (Wildman–Crippen LogP) is 3.36. The highest BCUT2D eigenvalue weighted by Gasteiger charge is 2.24. The lowest BCUT2D eigenvalue weighted by Gasteiger charge is -2.13. The second kappa shape index (κ2) is 4.14. The zero-order valence-electron chi connectivity index (χ0n) is 7.94. The Morgan fingerprint density at radius 3 is 2.92 bits per heavy atom. The van der Waals surface area contributed by atoms with Gasteiger partial charge in [-0.2, -0.15) is 0 Å². The number of rotatable bonds is 2. The highest BCUT2D eigenvalue weighted by Crippen LogP contribution is 2.37. The molecule has 0 aliphatic heterocycles. The van der Waals surface area contributed by atoms with Crippen LogP contribution in [-0.2, 0) is 0 Å². The lowest BCUT2D eigenvalue weighted by molar-refractivity contribution is 0.624. The van der Waals surface area contributed by atoms with Crippen molar-refractivity contribution >= 4 is 11.8 Å². The van der Waals surface area contributed by atoms with Gasteiger partial charge in [0.05, 0.1) is 5.03 Å². The van der Waals surface area contributed by atoms with Crippen molar-refractivity contribution in [3.8, 4) is 0 Å². The minimum absolute atomic E-state index is 0.801. The van der Waals surface area contributed by atoms with Crippen LogP contribution in [-0.4, -0.2) is 10.2 Å². The highest BCUT2D eigenvalue weighted by molar-refractivity contribution is 7.99. The van der Waals surface area contributed by atoms with E-state index in [1.165, 1.54) is 24.3 Å². The Morgan fingerprint density at radius 1 is 1.38 bits per heavy atom. The van der Waals surface area contributed by atoms with Gasteiger partial charge in [-0.3, -0.25) is 0 Å². The van der Waals surface area contributed by atoms with Crippen LogP contribution in [0.5, 0.6) is 0 Å². The molecule has 0 spiro atoms. The second-order valence-electron chi connectivity index (χ2n) is 3.73. The summed E-state index contributed by atoms with van der Waals surface area (Å²) in [4.78, 5) is 4.34. The summed E-state index contributed by atoms with van der Waals surface area (Å²) in [6.45, 7) is 2.35. The van der Waals surface area contributed by atoms with Crippen LogP contribution in [0.2, 0.25) is 0 Å². The molecule has 13 heavy (non-hydrogen) atoms. The fourth-order valence-electron chi connectivity index (χ4n) is 1.86. The van der Waals surface area contributed by atoms with Crippen LogP contribution in [0.25, 0.3) is 0 Å². The minimum Gasteiger partial charge on any atom is -0.250 e. The van der Waals surface area contributed by atoms with Gasteiger partial charge in [-0.1, -0.05) is 19.4 Å². The zero-order valence-corrected chi connectivity index (χ0v) is 8.76. The van der Waals surface area contributed by atoms with E-state index in [9.17, 15) is 0 Å². The summed E-state index contributed by atoms with van der Waals surface area (Å²) in [5.74, 6) is 0.868. The molecular weight excluding hydrogens is 178 g/mol. The van der Waals surface area contributed by atoms with Crippen molar-refractivity contribution in [3.63, 3.8) is 0 Å². The van der Waals surface area contributed by atoms with Crippen molar-refractivity contribution in [3.05, 3.63) is 24.4 Å². The van der Waals surface area contributed by atoms with E-state index < -0.39 is 0 Å². The molecular formula is C11H15NS. The quantitative estimate of drug-likeness (QED) is 0.714. The van der Waals surface area contributed by atoms with E-state index >= 15 is 0 Å². The van der Waals surface area contributed by atoms with Gasteiger partial charge < -0.3 is 0 Å². The summed E-state index contributed by atoms with van der Waals surface area (Å²) >= 11 is 1.95. The van der Waals surface area contributed by atoms with Crippen LogP contribution in [0, 0.1) is 5.92 Å². The highest BCUT2D eigenvalue weighted by atomic mass is 32.2. The first-order valence-corrected chi connectivity index (χ1v) is 5.82. The van der Waals surface area contributed by atoms with Crippen LogP contribution >= 0.6 is 11.8 Å². The molecule has 1 aromatic rings. The number of aromatic nitrogens is 1. The molecule has 1 aromatic heterocycles. The summed E-state index contributed by atoms with van der Waals surface area (Å²) in [7, 11) is 0. The Hall–Kier alpha value is -0.500. The number of pyridine rings is 1. The average molecular weight is 193 g/mol. The van der Waals surface area contributed by atoms with Gasteiger partial charge in [0.1, 0.15) is 0 Å². The van der Waals surface area contributed by atoms with Gasteiger partial charge in [-0.05, 0) is 30.9 Å². The van der Waals surface area contributed by atoms with Crippen molar-refractivity contribution in [1.29, 1.82) is 0 Å². The summed E-state index contributed by atoms with van der Waals surface area (Å²) < 4.78 is 0. The number of thioether (sulfide) groups is 1. The van der Waals surface area contributed by atoms with Gasteiger partial charge in [0.25, 0.3) is 0 Å². The van der Waals surface area contributed by atoms with Gasteiger partial charge in [0.2, 0.25) is 0 Å². The third-order valence-corrected chi connectivity index (χ3v) is 4.18. The van der Waals surface area contributed by atoms with Crippen LogP contribution in [0.15, 0.2) is 29.4 Å². The maximum absolute atomic E-state index is 4.34. The standard InChI is InChI=1S/C11H15NS/c1-9-5-4-6-10(9)13-11-7-2-3-8-12-11/h2-3,7-10H,4-6H2,1H3. The van der Waals surface area contributed by atoms with Gasteiger partial charge in [0.15, 0.2) is 0 Å². The molecule has 0 aromatic carbocycles. The minimum atomic E-state index is 0.801. The van der Waals surface area contributed by atoms with Crippen molar-refractivity contribution in [2.75, 3.05) is 0 Å². The van der Waals surface area contributed by atoms with E-state index in [1.807, 2.05) is 24.0 Å². The summed E-state index contributed by atoms with van der Waals surface area (Å²) in [5.41, 5.74) is 0. The van der Waals surface area contributed by atoms with E-state index in [4.69, 9.17) is 0 Å². The molecule has 1 saturated carbocycles. The molecule has 2 heteroatoms. The second-order valence-corrected chi connectivity index (χ2v) is 4.99. The Bertz CT molecular complexity index is 260. The van der Waals surface area contributed by atoms with Crippen molar-refractivity contribution in [2.45, 2.75) is 36.5 Å². The Morgan fingerprint density at radius 2 is 2.31 bits per heavy atom. The van der Waals surface area contributed by atoms with Crippen molar-refractivity contribution in [2.24, 2.45) is 5.92 Å². The first-order chi connectivity index (χ1) is 6.36. The molecule has 1 heterocycles. The molecule has 1 aliphatic rings. The third kappa shape index (κ3) is 2.25. The van der Waals surface area contributed by atoms with Crippen LogP contribution in [0.4, 0.5) is 0 Å². The SMILES string of the molecule is CC1CCCC1Sc1ccccn1. The Balaban J connectivity index is 1.98. The molecule has 0 bridgehead atoms. The topological polar surface area (TPSA) is 12.9 Å². The molecule has 0 saturated heterocycles. The number of hydrogen-bond donors (Lipinski definition) is 0. The number of nitrogens with zero attached hydrogens (tertiary/aromatic N) is 1. The summed E-state index contributed by atoms with van der Waals surface area (Å²) in [6, 6.07) is 6.15. The molecule has 1 fully saturated rings. The molecule has 2 unspecified atom stereocenters. The van der Waals surface area contributed by atoms with Crippen molar-refractivity contribution in [1.82, 2.24) is 4.98 Å². The average Bonchev–Trinajstić information content (AvgIpc) is 2.54. The Labute approximate surface area is 84.0 Å². The van der Waals surface area contributed by atoms with Gasteiger partial charge >= 0.3 is 0 Å². The molecule has 70 valence electrons. The molecule has 2 atom stereocenters. The largest absolute Gasteiger partial charge is 0.250 e. The zero-order chi connectivity index (χ0) is 9.10. The van der Waals surface area contributed by atoms with Crippen molar-refractivity contribution < 1.29 is 0 Å². The van der Waals surface area contributed by atoms with Crippen LogP contribution < -0.4 is 0 Å². The number of hydrogen-bond acceptors (Lipinski definition) is 2. The van der Waals surface area contributed by atoms with Gasteiger partial charge in [-0.15, -0.1) is 11.8 Å². The third-order valence-electron chi connectivity index (χ3n) is 2.69. The van der Waals surface area contributed by atoms with E-state index in [0.717, 1.165) is 11.2 Å². The molecule has 0 radical (unpaired) electrons. The molecule has 0 amide bonds. The maximum atomic E-state index is 4.34. The lowest BCUT2D eigenvalue weighted by atomic mass is 10.1. The Kier molecular flexibility index (Phi) is 2.89. The van der Waals surface area contributed by atoms with Gasteiger partial charge in [-0.25, -0.2) is 4.98 Å². The first-order valence-electron chi connectivity index (χ1n) is 4.94. The van der Waals surface area contributed by atoms with E-state index in [2.05, 4.69) is 24.0 Å². The molecule has 1 nitrogen and oxygen atoms in total. The van der Waals surface area contributed by atoms with Crippen LogP contribution in [0.3, 0.4) is 0 Å².